The Labute approximate surface area is 137 Å². The molecular weight excluding hydrogens is 312 g/mol. The van der Waals surface area contributed by atoms with Gasteiger partial charge in [-0.2, -0.15) is 0 Å². The van der Waals surface area contributed by atoms with Crippen molar-refractivity contribution in [2.45, 2.75) is 6.42 Å². The van der Waals surface area contributed by atoms with Crippen molar-refractivity contribution in [2.75, 3.05) is 5.32 Å². The summed E-state index contributed by atoms with van der Waals surface area (Å²) in [5.74, 6) is 2.32. The maximum atomic E-state index is 11.7. The van der Waals surface area contributed by atoms with Crippen molar-refractivity contribution < 1.29 is 4.79 Å². The Kier molecular flexibility index (Phi) is 4.18. The fourth-order valence-electron chi connectivity index (χ4n) is 2.24. The van der Waals surface area contributed by atoms with Crippen molar-refractivity contribution in [2.24, 2.45) is 5.73 Å². The summed E-state index contributed by atoms with van der Waals surface area (Å²) in [5.41, 5.74) is 8.33. The van der Waals surface area contributed by atoms with Crippen LogP contribution in [0.2, 0.25) is 5.02 Å². The second-order valence-corrected chi connectivity index (χ2v) is 5.29. The molecule has 0 aliphatic rings. The number of pyridine rings is 1. The average Bonchev–Trinajstić information content (AvgIpc) is 2.94. The van der Waals surface area contributed by atoms with E-state index in [0.29, 0.717) is 10.7 Å². The van der Waals surface area contributed by atoms with Gasteiger partial charge in [-0.25, -0.2) is 4.98 Å². The smallest absolute Gasteiger partial charge is 0.236 e. The zero-order chi connectivity index (χ0) is 16.2. The Morgan fingerprint density at radius 3 is 3.04 bits per heavy atom. The van der Waals surface area contributed by atoms with Gasteiger partial charge in [0.05, 0.1) is 11.4 Å². The van der Waals surface area contributed by atoms with E-state index >= 15 is 0 Å². The van der Waals surface area contributed by atoms with E-state index in [-0.39, 0.29) is 12.3 Å². The third kappa shape index (κ3) is 3.28. The van der Waals surface area contributed by atoms with Gasteiger partial charge in [0.2, 0.25) is 5.91 Å². The normalized spacial score (nSPS) is 10.1. The Morgan fingerprint density at radius 2 is 2.22 bits per heavy atom. The number of hydrogen-bond acceptors (Lipinski definition) is 3. The average molecular weight is 325 g/mol. The Bertz CT molecular complexity index is 936. The molecule has 3 rings (SSSR count). The number of nitrogens with one attached hydrogen (secondary N) is 2. The minimum Gasteiger partial charge on any atom is -0.359 e. The highest BCUT2D eigenvalue weighted by Gasteiger charge is 2.07. The molecule has 0 aliphatic carbocycles. The predicted molar refractivity (Wildman–Crippen MR) is 91.7 cm³/mol. The third-order valence-corrected chi connectivity index (χ3v) is 3.62. The molecule has 1 aromatic carbocycles. The summed E-state index contributed by atoms with van der Waals surface area (Å²) < 4.78 is 0. The molecule has 2 aromatic heterocycles. The van der Waals surface area contributed by atoms with Gasteiger partial charge in [-0.3, -0.25) is 4.79 Å². The molecule has 0 aliphatic heterocycles. The van der Waals surface area contributed by atoms with Crippen molar-refractivity contribution in [1.82, 2.24) is 9.97 Å². The van der Waals surface area contributed by atoms with Crippen molar-refractivity contribution in [3.05, 3.63) is 47.7 Å². The molecule has 0 atom stereocenters. The number of benzene rings is 1. The van der Waals surface area contributed by atoms with E-state index in [1.165, 1.54) is 0 Å². The highest BCUT2D eigenvalue weighted by atomic mass is 35.5. The number of carbonyl (C=O) groups excluding carboxylic acids is 1. The van der Waals surface area contributed by atoms with Crippen LogP contribution in [0.3, 0.4) is 0 Å². The monoisotopic (exact) mass is 324 g/mol. The standard InChI is InChI=1S/C17H13ClN4O/c18-15-10-21-17-14(15)8-12(9-20-17)11-3-1-4-13(7-11)22-16(23)5-2-6-19/h1,3-4,7-10H,5,19H2,(H,20,21)(H,22,23). The fraction of sp³-hybridized carbons (Fsp3) is 0.0588. The van der Waals surface area contributed by atoms with E-state index in [9.17, 15) is 4.79 Å². The van der Waals surface area contributed by atoms with Crippen LogP contribution in [0.15, 0.2) is 42.7 Å². The molecule has 5 nitrogen and oxygen atoms in total. The minimum atomic E-state index is -0.206. The molecule has 114 valence electrons. The zero-order valence-electron chi connectivity index (χ0n) is 12.1. The van der Waals surface area contributed by atoms with Gasteiger partial charge in [0.15, 0.2) is 0 Å². The molecule has 0 saturated carbocycles. The molecule has 0 unspecified atom stereocenters. The lowest BCUT2D eigenvalue weighted by molar-refractivity contribution is -0.115. The summed E-state index contributed by atoms with van der Waals surface area (Å²) in [5, 5.41) is 4.26. The molecular formula is C17H13ClN4O. The highest BCUT2D eigenvalue weighted by molar-refractivity contribution is 6.35. The number of amides is 1. The van der Waals surface area contributed by atoms with Crippen LogP contribution in [0.25, 0.3) is 22.2 Å². The number of carbonyl (C=O) groups is 1. The number of aromatic amines is 1. The molecule has 0 bridgehead atoms. The molecule has 23 heavy (non-hydrogen) atoms. The second kappa shape index (κ2) is 6.42. The number of hydrogen-bond donors (Lipinski definition) is 3. The lowest BCUT2D eigenvalue weighted by Crippen LogP contribution is -2.10. The quantitative estimate of drug-likeness (QED) is 0.511. The van der Waals surface area contributed by atoms with Crippen LogP contribution >= 0.6 is 11.6 Å². The zero-order valence-corrected chi connectivity index (χ0v) is 12.8. The van der Waals surface area contributed by atoms with Crippen LogP contribution in [0.1, 0.15) is 6.42 Å². The summed E-state index contributed by atoms with van der Waals surface area (Å²) >= 11 is 6.13. The van der Waals surface area contributed by atoms with E-state index in [0.717, 1.165) is 22.2 Å². The molecule has 1 amide bonds. The molecule has 0 saturated heterocycles. The van der Waals surface area contributed by atoms with Crippen LogP contribution < -0.4 is 11.1 Å². The van der Waals surface area contributed by atoms with E-state index in [1.807, 2.05) is 30.3 Å². The third-order valence-electron chi connectivity index (χ3n) is 3.31. The summed E-state index contributed by atoms with van der Waals surface area (Å²) in [6.07, 6.45) is 3.53. The Morgan fingerprint density at radius 1 is 1.35 bits per heavy atom. The molecule has 6 heteroatoms. The van der Waals surface area contributed by atoms with Crippen molar-refractivity contribution >= 4 is 34.2 Å². The topological polar surface area (TPSA) is 83.8 Å². The minimum absolute atomic E-state index is 0.0627. The van der Waals surface area contributed by atoms with Crippen LogP contribution in [0, 0.1) is 12.0 Å². The number of aromatic nitrogens is 2. The summed E-state index contributed by atoms with van der Waals surface area (Å²) in [4.78, 5) is 19.1. The number of nitrogens with two attached hydrogens (primary N) is 1. The van der Waals surface area contributed by atoms with Crippen LogP contribution in [-0.2, 0) is 4.79 Å². The van der Waals surface area contributed by atoms with Crippen molar-refractivity contribution in [1.29, 1.82) is 0 Å². The van der Waals surface area contributed by atoms with E-state index in [1.54, 1.807) is 12.4 Å². The number of H-pyrrole nitrogens is 1. The summed E-state index contributed by atoms with van der Waals surface area (Å²) in [6, 6.07) is 11.7. The SMILES string of the molecule is NC#CCC(=O)Nc1cccc(-c2cnc3[nH]cc(Cl)c3c2)c1. The first kappa shape index (κ1) is 14.9. The van der Waals surface area contributed by atoms with E-state index < -0.39 is 0 Å². The van der Waals surface area contributed by atoms with Gasteiger partial charge in [0.1, 0.15) is 5.65 Å². The lowest BCUT2D eigenvalue weighted by atomic mass is 10.1. The molecule has 0 radical (unpaired) electrons. The number of nitrogens with zero attached hydrogens (tertiary/aromatic N) is 1. The van der Waals surface area contributed by atoms with Gasteiger partial charge < -0.3 is 16.0 Å². The number of rotatable bonds is 3. The van der Waals surface area contributed by atoms with Gasteiger partial charge in [-0.1, -0.05) is 29.7 Å². The number of halogens is 1. The van der Waals surface area contributed by atoms with E-state index in [4.69, 9.17) is 17.3 Å². The maximum absolute atomic E-state index is 11.7. The van der Waals surface area contributed by atoms with Crippen LogP contribution in [0.4, 0.5) is 5.69 Å². The molecule has 0 fully saturated rings. The summed E-state index contributed by atoms with van der Waals surface area (Å²) in [6.45, 7) is 0. The highest BCUT2D eigenvalue weighted by Crippen LogP contribution is 2.28. The Balaban J connectivity index is 1.89. The molecule has 2 heterocycles. The van der Waals surface area contributed by atoms with E-state index in [2.05, 4.69) is 27.2 Å². The Hall–Kier alpha value is -2.97. The fourth-order valence-corrected chi connectivity index (χ4v) is 2.44. The largest absolute Gasteiger partial charge is 0.359 e. The van der Waals surface area contributed by atoms with Crippen LogP contribution in [0.5, 0.6) is 0 Å². The molecule has 0 spiro atoms. The summed E-state index contributed by atoms with van der Waals surface area (Å²) in [7, 11) is 0. The van der Waals surface area contributed by atoms with Gasteiger partial charge >= 0.3 is 0 Å². The van der Waals surface area contributed by atoms with Crippen molar-refractivity contribution in [3.8, 4) is 23.1 Å². The molecule has 3 aromatic rings. The lowest BCUT2D eigenvalue weighted by Gasteiger charge is -2.07. The maximum Gasteiger partial charge on any atom is 0.236 e. The van der Waals surface area contributed by atoms with Gasteiger partial charge in [0.25, 0.3) is 0 Å². The first-order chi connectivity index (χ1) is 11.2. The van der Waals surface area contributed by atoms with Crippen molar-refractivity contribution in [3.63, 3.8) is 0 Å². The second-order valence-electron chi connectivity index (χ2n) is 4.88. The van der Waals surface area contributed by atoms with Gasteiger partial charge in [-0.15, -0.1) is 0 Å². The van der Waals surface area contributed by atoms with Crippen LogP contribution in [-0.4, -0.2) is 15.9 Å². The van der Waals surface area contributed by atoms with Gasteiger partial charge in [-0.05, 0) is 23.8 Å². The first-order valence-corrected chi connectivity index (χ1v) is 7.26. The van der Waals surface area contributed by atoms with Gasteiger partial charge in [0, 0.05) is 35.1 Å². The predicted octanol–water partition coefficient (Wildman–Crippen LogP) is 3.13. The number of fused-ring (bicyclic) bond motifs is 1. The number of anilines is 1. The molecule has 4 N–H and O–H groups in total. The first-order valence-electron chi connectivity index (χ1n) is 6.89.